The molecule has 3 rings (SSSR count). The van der Waals surface area contributed by atoms with Crippen LogP contribution in [0.15, 0.2) is 62.6 Å². The molecule has 0 fully saturated rings. The Morgan fingerprint density at radius 2 is 1.79 bits per heavy atom. The third kappa shape index (κ3) is 3.79. The number of aromatic nitrogens is 2. The second-order valence-corrected chi connectivity index (χ2v) is 5.92. The van der Waals surface area contributed by atoms with Crippen molar-refractivity contribution in [1.29, 1.82) is 0 Å². The van der Waals surface area contributed by atoms with E-state index in [-0.39, 0.29) is 11.5 Å². The Morgan fingerprint density at radius 1 is 1.08 bits per heavy atom. The summed E-state index contributed by atoms with van der Waals surface area (Å²) in [5, 5.41) is 20.1. The van der Waals surface area contributed by atoms with Gasteiger partial charge in [-0.15, -0.1) is 0 Å². The number of hydrogen-bond acceptors (Lipinski definition) is 6. The summed E-state index contributed by atoms with van der Waals surface area (Å²) in [6.07, 6.45) is 0. The number of nitrogens with one attached hydrogen (secondary N) is 2. The van der Waals surface area contributed by atoms with E-state index < -0.39 is 0 Å². The van der Waals surface area contributed by atoms with Crippen molar-refractivity contribution in [3.63, 3.8) is 0 Å². The molecule has 0 saturated heterocycles. The molecule has 8 heteroatoms. The van der Waals surface area contributed by atoms with Crippen LogP contribution in [0.25, 0.3) is 0 Å². The molecule has 0 radical (unpaired) electrons. The van der Waals surface area contributed by atoms with Crippen molar-refractivity contribution in [3.05, 3.63) is 64.3 Å². The maximum absolute atomic E-state index is 9.42. The molecule has 0 bridgehead atoms. The fourth-order valence-electron chi connectivity index (χ4n) is 1.98. The minimum absolute atomic E-state index is 0.125. The van der Waals surface area contributed by atoms with Crippen molar-refractivity contribution in [1.82, 2.24) is 15.8 Å². The summed E-state index contributed by atoms with van der Waals surface area (Å²) in [4.78, 5) is 4.32. The highest BCUT2D eigenvalue weighted by atomic mass is 79.9. The van der Waals surface area contributed by atoms with Gasteiger partial charge in [0.05, 0.1) is 5.69 Å². The Bertz CT molecular complexity index is 844. The summed E-state index contributed by atoms with van der Waals surface area (Å²) < 4.78 is 5.74. The highest BCUT2D eigenvalue weighted by molar-refractivity contribution is 9.10. The fraction of sp³-hybridized carbons (Fsp3) is 0.0625. The second-order valence-electron chi connectivity index (χ2n) is 5.00. The lowest BCUT2D eigenvalue weighted by molar-refractivity contribution is 0.234. The molecule has 0 aliphatic heterocycles. The molecular formula is C16H14BrN5O2. The van der Waals surface area contributed by atoms with Crippen LogP contribution in [0.2, 0.25) is 0 Å². The Labute approximate surface area is 146 Å². The van der Waals surface area contributed by atoms with Crippen molar-refractivity contribution in [2.75, 3.05) is 5.32 Å². The molecule has 0 spiro atoms. The number of hydroxylamine groups is 1. The second kappa shape index (κ2) is 7.24. The number of amidine groups is 1. The van der Waals surface area contributed by atoms with Gasteiger partial charge in [-0.05, 0) is 53.6 Å². The lowest BCUT2D eigenvalue weighted by atomic mass is 10.2. The average molecular weight is 388 g/mol. The molecular weight excluding hydrogens is 374 g/mol. The molecule has 0 atom stereocenters. The van der Waals surface area contributed by atoms with E-state index in [1.807, 2.05) is 60.9 Å². The number of nitrogens with zero attached hydrogens (tertiary/aromatic N) is 3. The molecule has 7 nitrogen and oxygen atoms in total. The molecule has 0 unspecified atom stereocenters. The maximum atomic E-state index is 9.42. The monoisotopic (exact) mass is 387 g/mol. The summed E-state index contributed by atoms with van der Waals surface area (Å²) in [5.74, 6) is 0.462. The number of halogens is 1. The number of anilines is 2. The van der Waals surface area contributed by atoms with E-state index in [0.717, 1.165) is 15.7 Å². The van der Waals surface area contributed by atoms with Crippen LogP contribution in [-0.4, -0.2) is 21.4 Å². The zero-order chi connectivity index (χ0) is 16.9. The van der Waals surface area contributed by atoms with E-state index in [1.165, 1.54) is 0 Å². The van der Waals surface area contributed by atoms with Crippen LogP contribution in [-0.2, 0) is 0 Å². The summed E-state index contributed by atoms with van der Waals surface area (Å²) >= 11 is 3.38. The van der Waals surface area contributed by atoms with Crippen LogP contribution in [0.3, 0.4) is 0 Å². The zero-order valence-corrected chi connectivity index (χ0v) is 14.3. The van der Waals surface area contributed by atoms with Gasteiger partial charge < -0.3 is 5.32 Å². The molecule has 3 aromatic rings. The van der Waals surface area contributed by atoms with Gasteiger partial charge >= 0.3 is 0 Å². The van der Waals surface area contributed by atoms with E-state index in [9.17, 15) is 5.21 Å². The lowest BCUT2D eigenvalue weighted by Gasteiger charge is -2.06. The van der Waals surface area contributed by atoms with Gasteiger partial charge in [0.1, 0.15) is 0 Å². The van der Waals surface area contributed by atoms with Crippen LogP contribution in [0, 0.1) is 6.92 Å². The standard InChI is InChI=1S/C16H14BrN5O2/c1-10-2-6-12(7-3-10)18-15(20-23)14-16(22-24-21-14)19-13-8-4-11(17)5-9-13/h2-9,23H,1H3,(H,18,20)(H,19,22). The van der Waals surface area contributed by atoms with Crippen LogP contribution < -0.4 is 10.8 Å². The van der Waals surface area contributed by atoms with E-state index in [4.69, 9.17) is 4.63 Å². The fourth-order valence-corrected chi connectivity index (χ4v) is 2.24. The minimum Gasteiger partial charge on any atom is -0.335 e. The molecule has 3 N–H and O–H groups in total. The van der Waals surface area contributed by atoms with Crippen LogP contribution in [0.5, 0.6) is 0 Å². The Kier molecular flexibility index (Phi) is 4.88. The first-order valence-corrected chi connectivity index (χ1v) is 7.86. The smallest absolute Gasteiger partial charge is 0.206 e. The topological polar surface area (TPSA) is 95.6 Å². The number of hydrogen-bond donors (Lipinski definition) is 3. The quantitative estimate of drug-likeness (QED) is 0.356. The summed E-state index contributed by atoms with van der Waals surface area (Å²) in [6, 6.07) is 15.0. The molecule has 2 aromatic carbocycles. The van der Waals surface area contributed by atoms with Crippen LogP contribution >= 0.6 is 15.9 Å². The van der Waals surface area contributed by atoms with E-state index in [2.05, 4.69) is 36.6 Å². The number of rotatable bonds is 4. The normalized spacial score (nSPS) is 11.4. The molecule has 24 heavy (non-hydrogen) atoms. The summed E-state index contributed by atoms with van der Waals surface area (Å²) in [6.45, 7) is 1.99. The molecule has 0 aliphatic carbocycles. The largest absolute Gasteiger partial charge is 0.335 e. The van der Waals surface area contributed by atoms with E-state index >= 15 is 0 Å². The van der Waals surface area contributed by atoms with Crippen LogP contribution in [0.1, 0.15) is 11.3 Å². The van der Waals surface area contributed by atoms with Gasteiger partial charge in [-0.2, -0.15) is 0 Å². The third-order valence-corrected chi connectivity index (χ3v) is 3.73. The summed E-state index contributed by atoms with van der Waals surface area (Å²) in [5.41, 5.74) is 4.88. The molecule has 122 valence electrons. The van der Waals surface area contributed by atoms with Crippen molar-refractivity contribution in [2.45, 2.75) is 6.92 Å². The Balaban J connectivity index is 1.89. The van der Waals surface area contributed by atoms with Gasteiger partial charge in [-0.3, -0.25) is 10.7 Å². The Hall–Kier alpha value is -2.71. The van der Waals surface area contributed by atoms with Gasteiger partial charge in [0, 0.05) is 10.2 Å². The van der Waals surface area contributed by atoms with E-state index in [1.54, 1.807) is 0 Å². The molecule has 0 amide bonds. The predicted molar refractivity (Wildman–Crippen MR) is 94.0 cm³/mol. The molecule has 0 aliphatic rings. The van der Waals surface area contributed by atoms with Gasteiger partial charge in [0.2, 0.25) is 5.82 Å². The first-order chi connectivity index (χ1) is 11.7. The third-order valence-electron chi connectivity index (χ3n) is 3.20. The first-order valence-electron chi connectivity index (χ1n) is 7.06. The minimum atomic E-state index is 0.125. The van der Waals surface area contributed by atoms with Gasteiger partial charge in [-0.1, -0.05) is 33.6 Å². The van der Waals surface area contributed by atoms with Gasteiger partial charge in [0.25, 0.3) is 0 Å². The van der Waals surface area contributed by atoms with Gasteiger partial charge in [-0.25, -0.2) is 9.62 Å². The van der Waals surface area contributed by atoms with E-state index in [0.29, 0.717) is 11.5 Å². The Morgan fingerprint density at radius 3 is 2.46 bits per heavy atom. The van der Waals surface area contributed by atoms with Crippen molar-refractivity contribution in [3.8, 4) is 0 Å². The van der Waals surface area contributed by atoms with Crippen molar-refractivity contribution >= 4 is 39.0 Å². The number of benzene rings is 2. The zero-order valence-electron chi connectivity index (χ0n) is 12.7. The first kappa shape index (κ1) is 16.2. The van der Waals surface area contributed by atoms with Crippen molar-refractivity contribution in [2.24, 2.45) is 4.99 Å². The molecule has 0 saturated carbocycles. The highest BCUT2D eigenvalue weighted by Crippen LogP contribution is 2.21. The summed E-state index contributed by atoms with van der Waals surface area (Å²) in [7, 11) is 0. The number of aryl methyl sites for hydroxylation is 1. The lowest BCUT2D eigenvalue weighted by Crippen LogP contribution is -2.21. The van der Waals surface area contributed by atoms with Gasteiger partial charge in [0.15, 0.2) is 11.5 Å². The van der Waals surface area contributed by atoms with Crippen LogP contribution in [0.4, 0.5) is 17.2 Å². The molecule has 1 aromatic heterocycles. The molecule has 1 heterocycles. The SMILES string of the molecule is Cc1ccc(N=C(NO)c2nonc2Nc2ccc(Br)cc2)cc1. The number of aliphatic imine (C=N–C) groups is 1. The predicted octanol–water partition coefficient (Wildman–Crippen LogP) is 3.94. The maximum Gasteiger partial charge on any atom is 0.206 e. The highest BCUT2D eigenvalue weighted by Gasteiger charge is 2.16. The van der Waals surface area contributed by atoms with Crippen molar-refractivity contribution < 1.29 is 9.84 Å². The average Bonchev–Trinajstić information content (AvgIpc) is 3.04.